The maximum Gasteiger partial charge on any atom is 0.0223 e. The Balaban J connectivity index is 1.71. The lowest BCUT2D eigenvalue weighted by atomic mass is 9.99. The number of rotatable bonds is 5. The van der Waals surface area contributed by atoms with Gasteiger partial charge in [0.05, 0.1) is 0 Å². The molecule has 3 nitrogen and oxygen atoms in total. The Morgan fingerprint density at radius 1 is 1.29 bits per heavy atom. The van der Waals surface area contributed by atoms with Crippen LogP contribution in [0.2, 0.25) is 0 Å². The van der Waals surface area contributed by atoms with Gasteiger partial charge in [0, 0.05) is 38.3 Å². The molecule has 0 aliphatic carbocycles. The largest absolute Gasteiger partial charge is 0.327 e. The van der Waals surface area contributed by atoms with Crippen molar-refractivity contribution in [1.82, 2.24) is 9.80 Å². The van der Waals surface area contributed by atoms with E-state index in [1.165, 1.54) is 51.2 Å². The standard InChI is InChI=1S/C13H27N3S/c1-17-9-5-12(14)10-15-7-8-16-6-3-2-4-13(16)11-15/h12-13H,2-11,14H2,1H3/t12-,13?/m0/s1. The third kappa shape index (κ3) is 4.12. The van der Waals surface area contributed by atoms with E-state index in [4.69, 9.17) is 5.73 Å². The number of nitrogens with two attached hydrogens (primary N) is 1. The molecule has 0 saturated carbocycles. The van der Waals surface area contributed by atoms with Gasteiger partial charge in [0.1, 0.15) is 0 Å². The lowest BCUT2D eigenvalue weighted by molar-refractivity contribution is 0.0466. The summed E-state index contributed by atoms with van der Waals surface area (Å²) in [5, 5.41) is 0. The Bertz CT molecular complexity index is 225. The average molecular weight is 257 g/mol. The minimum Gasteiger partial charge on any atom is -0.327 e. The van der Waals surface area contributed by atoms with Crippen LogP contribution in [0.5, 0.6) is 0 Å². The van der Waals surface area contributed by atoms with Gasteiger partial charge in [-0.2, -0.15) is 11.8 Å². The molecule has 0 aromatic heterocycles. The van der Waals surface area contributed by atoms with Gasteiger partial charge in [0.2, 0.25) is 0 Å². The summed E-state index contributed by atoms with van der Waals surface area (Å²) in [5.74, 6) is 1.20. The summed E-state index contributed by atoms with van der Waals surface area (Å²) >= 11 is 1.90. The number of piperazine rings is 1. The topological polar surface area (TPSA) is 32.5 Å². The van der Waals surface area contributed by atoms with E-state index in [1.807, 2.05) is 11.8 Å². The fourth-order valence-corrected chi connectivity index (χ4v) is 3.62. The van der Waals surface area contributed by atoms with Crippen LogP contribution in [-0.2, 0) is 0 Å². The predicted octanol–water partition coefficient (Wildman–Crippen LogP) is 1.24. The van der Waals surface area contributed by atoms with Gasteiger partial charge >= 0.3 is 0 Å². The second kappa shape index (κ2) is 6.98. The van der Waals surface area contributed by atoms with Gasteiger partial charge in [-0.1, -0.05) is 6.42 Å². The Morgan fingerprint density at radius 3 is 3.00 bits per heavy atom. The first-order valence-corrected chi connectivity index (χ1v) is 8.40. The van der Waals surface area contributed by atoms with Crippen LogP contribution in [-0.4, -0.2) is 66.6 Å². The molecule has 0 radical (unpaired) electrons. The smallest absolute Gasteiger partial charge is 0.0223 e. The van der Waals surface area contributed by atoms with Gasteiger partial charge in [0.25, 0.3) is 0 Å². The van der Waals surface area contributed by atoms with Gasteiger partial charge < -0.3 is 5.73 Å². The van der Waals surface area contributed by atoms with Gasteiger partial charge in [0.15, 0.2) is 0 Å². The molecular weight excluding hydrogens is 230 g/mol. The number of fused-ring (bicyclic) bond motifs is 1. The Morgan fingerprint density at radius 2 is 2.18 bits per heavy atom. The maximum absolute atomic E-state index is 6.19. The van der Waals surface area contributed by atoms with Crippen molar-refractivity contribution in [2.24, 2.45) is 5.73 Å². The molecule has 0 spiro atoms. The van der Waals surface area contributed by atoms with Gasteiger partial charge in [-0.15, -0.1) is 0 Å². The molecular formula is C13H27N3S. The lowest BCUT2D eigenvalue weighted by Crippen LogP contribution is -2.56. The van der Waals surface area contributed by atoms with Crippen molar-refractivity contribution in [3.8, 4) is 0 Å². The monoisotopic (exact) mass is 257 g/mol. The molecule has 2 fully saturated rings. The van der Waals surface area contributed by atoms with Gasteiger partial charge in [-0.05, 0) is 37.8 Å². The molecule has 2 rings (SSSR count). The lowest BCUT2D eigenvalue weighted by Gasteiger charge is -2.44. The summed E-state index contributed by atoms with van der Waals surface area (Å²) in [7, 11) is 0. The van der Waals surface area contributed by atoms with E-state index in [-0.39, 0.29) is 0 Å². The molecule has 17 heavy (non-hydrogen) atoms. The van der Waals surface area contributed by atoms with Crippen LogP contribution in [0.1, 0.15) is 25.7 Å². The third-order valence-electron chi connectivity index (χ3n) is 4.11. The first kappa shape index (κ1) is 13.7. The predicted molar refractivity (Wildman–Crippen MR) is 76.6 cm³/mol. The number of thioether (sulfide) groups is 1. The molecule has 100 valence electrons. The van der Waals surface area contributed by atoms with E-state index in [2.05, 4.69) is 16.1 Å². The van der Waals surface area contributed by atoms with Crippen LogP contribution >= 0.6 is 11.8 Å². The Labute approximate surface area is 110 Å². The Kier molecular flexibility index (Phi) is 5.60. The highest BCUT2D eigenvalue weighted by Crippen LogP contribution is 2.21. The second-order valence-corrected chi connectivity index (χ2v) is 6.47. The highest BCUT2D eigenvalue weighted by molar-refractivity contribution is 7.98. The molecule has 0 aromatic rings. The quantitative estimate of drug-likeness (QED) is 0.803. The van der Waals surface area contributed by atoms with Crippen LogP contribution in [0, 0.1) is 0 Å². The number of nitrogens with zero attached hydrogens (tertiary/aromatic N) is 2. The van der Waals surface area contributed by atoms with Crippen molar-refractivity contribution < 1.29 is 0 Å². The number of piperidine rings is 1. The van der Waals surface area contributed by atoms with Crippen molar-refractivity contribution in [2.45, 2.75) is 37.8 Å². The molecule has 2 aliphatic rings. The van der Waals surface area contributed by atoms with Crippen molar-refractivity contribution in [2.75, 3.05) is 44.7 Å². The zero-order chi connectivity index (χ0) is 12.1. The first-order chi connectivity index (χ1) is 8.29. The summed E-state index contributed by atoms with van der Waals surface area (Å²) in [4.78, 5) is 5.28. The Hall–Kier alpha value is 0.230. The highest BCUT2D eigenvalue weighted by Gasteiger charge is 2.29. The summed E-state index contributed by atoms with van der Waals surface area (Å²) in [6.07, 6.45) is 7.55. The summed E-state index contributed by atoms with van der Waals surface area (Å²) in [5.41, 5.74) is 6.19. The minimum atomic E-state index is 0.373. The molecule has 0 aromatic carbocycles. The summed E-state index contributed by atoms with van der Waals surface area (Å²) < 4.78 is 0. The van der Waals surface area contributed by atoms with E-state index in [0.29, 0.717) is 6.04 Å². The molecule has 2 heterocycles. The van der Waals surface area contributed by atoms with E-state index >= 15 is 0 Å². The zero-order valence-electron chi connectivity index (χ0n) is 11.1. The third-order valence-corrected chi connectivity index (χ3v) is 4.75. The van der Waals surface area contributed by atoms with Gasteiger partial charge in [-0.25, -0.2) is 0 Å². The molecule has 0 bridgehead atoms. The number of hydrogen-bond acceptors (Lipinski definition) is 4. The molecule has 1 unspecified atom stereocenters. The van der Waals surface area contributed by atoms with Crippen LogP contribution < -0.4 is 5.73 Å². The van der Waals surface area contributed by atoms with Crippen LogP contribution in [0.3, 0.4) is 0 Å². The average Bonchev–Trinajstić information content (AvgIpc) is 2.36. The van der Waals surface area contributed by atoms with E-state index in [9.17, 15) is 0 Å². The minimum absolute atomic E-state index is 0.373. The molecule has 0 amide bonds. The summed E-state index contributed by atoms with van der Waals surface area (Å²) in [6.45, 7) is 6.18. The first-order valence-electron chi connectivity index (χ1n) is 7.00. The highest BCUT2D eigenvalue weighted by atomic mass is 32.2. The fraction of sp³-hybridized carbons (Fsp3) is 1.00. The van der Waals surface area contributed by atoms with Crippen LogP contribution in [0.4, 0.5) is 0 Å². The molecule has 2 N–H and O–H groups in total. The normalized spacial score (nSPS) is 28.9. The van der Waals surface area contributed by atoms with Crippen molar-refractivity contribution in [3.05, 3.63) is 0 Å². The van der Waals surface area contributed by atoms with Crippen molar-refractivity contribution >= 4 is 11.8 Å². The molecule has 2 aliphatic heterocycles. The second-order valence-electron chi connectivity index (χ2n) is 5.49. The van der Waals surface area contributed by atoms with E-state index < -0.39 is 0 Å². The van der Waals surface area contributed by atoms with Gasteiger partial charge in [-0.3, -0.25) is 9.80 Å². The molecule has 2 saturated heterocycles. The van der Waals surface area contributed by atoms with Crippen molar-refractivity contribution in [1.29, 1.82) is 0 Å². The SMILES string of the molecule is CSCC[C@H](N)CN1CCN2CCCCC2C1. The molecule has 2 atom stereocenters. The van der Waals surface area contributed by atoms with Crippen LogP contribution in [0.15, 0.2) is 0 Å². The van der Waals surface area contributed by atoms with Crippen LogP contribution in [0.25, 0.3) is 0 Å². The fourth-order valence-electron chi connectivity index (χ4n) is 3.08. The number of hydrogen-bond donors (Lipinski definition) is 1. The summed E-state index contributed by atoms with van der Waals surface area (Å²) in [6, 6.07) is 1.20. The maximum atomic E-state index is 6.19. The molecule has 4 heteroatoms. The zero-order valence-corrected chi connectivity index (χ0v) is 11.9. The van der Waals surface area contributed by atoms with E-state index in [1.54, 1.807) is 0 Å². The van der Waals surface area contributed by atoms with Crippen molar-refractivity contribution in [3.63, 3.8) is 0 Å². The van der Waals surface area contributed by atoms with E-state index in [0.717, 1.165) is 19.0 Å².